The lowest BCUT2D eigenvalue weighted by Gasteiger charge is -2.44. The highest BCUT2D eigenvalue weighted by molar-refractivity contribution is 5.94. The summed E-state index contributed by atoms with van der Waals surface area (Å²) in [5.41, 5.74) is 1.33. The molecule has 8 heteroatoms. The van der Waals surface area contributed by atoms with Crippen LogP contribution in [-0.4, -0.2) is 54.4 Å². The zero-order valence-electron chi connectivity index (χ0n) is 16.6. The van der Waals surface area contributed by atoms with Crippen molar-refractivity contribution >= 4 is 16.9 Å². The largest absolute Gasteiger partial charge is 0.483 e. The summed E-state index contributed by atoms with van der Waals surface area (Å²) in [5, 5.41) is 16.1. The van der Waals surface area contributed by atoms with Crippen LogP contribution in [0.4, 0.5) is 0 Å². The number of hydrogen-bond acceptors (Lipinski definition) is 5. The van der Waals surface area contributed by atoms with Gasteiger partial charge in [0.1, 0.15) is 28.7 Å². The van der Waals surface area contributed by atoms with E-state index in [1.807, 2.05) is 48.0 Å². The third-order valence-electron chi connectivity index (χ3n) is 6.05. The molecule has 8 nitrogen and oxygen atoms in total. The highest BCUT2D eigenvalue weighted by Gasteiger charge is 2.45. The number of nitrogens with zero attached hydrogens (tertiary/aromatic N) is 4. The van der Waals surface area contributed by atoms with E-state index in [0.29, 0.717) is 49.5 Å². The quantitative estimate of drug-likeness (QED) is 0.696. The number of aromatic nitrogens is 4. The summed E-state index contributed by atoms with van der Waals surface area (Å²) in [4.78, 5) is 22.2. The SMILES string of the molecule is CC(C)n1cc2c(n1)C(O)CC1(CCN(C(=O)c3ccc4cc[nH]c4n3)CC1)O2. The van der Waals surface area contributed by atoms with Crippen molar-refractivity contribution in [3.63, 3.8) is 0 Å². The molecule has 152 valence electrons. The van der Waals surface area contributed by atoms with Gasteiger partial charge in [-0.05, 0) is 32.0 Å². The minimum atomic E-state index is -0.641. The van der Waals surface area contributed by atoms with Crippen LogP contribution in [0.5, 0.6) is 5.75 Å². The molecular formula is C21H25N5O3. The molecule has 1 atom stereocenters. The molecule has 2 N–H and O–H groups in total. The molecule has 3 aromatic rings. The molecule has 2 aliphatic rings. The summed E-state index contributed by atoms with van der Waals surface area (Å²) in [7, 11) is 0. The Morgan fingerprint density at radius 3 is 2.86 bits per heavy atom. The van der Waals surface area contributed by atoms with Gasteiger partial charge in [-0.15, -0.1) is 0 Å². The molecule has 0 bridgehead atoms. The van der Waals surface area contributed by atoms with Gasteiger partial charge in [0.05, 0.1) is 6.20 Å². The van der Waals surface area contributed by atoms with Gasteiger partial charge in [0, 0.05) is 50.0 Å². The van der Waals surface area contributed by atoms with Gasteiger partial charge in [-0.1, -0.05) is 0 Å². The van der Waals surface area contributed by atoms with Crippen LogP contribution in [0.15, 0.2) is 30.6 Å². The van der Waals surface area contributed by atoms with Crippen LogP contribution in [0.3, 0.4) is 0 Å². The summed E-state index contributed by atoms with van der Waals surface area (Å²) in [6.45, 7) is 5.24. The number of likely N-dealkylation sites (tertiary alicyclic amines) is 1. The molecule has 3 aromatic heterocycles. The van der Waals surface area contributed by atoms with E-state index in [1.54, 1.807) is 6.07 Å². The predicted molar refractivity (Wildman–Crippen MR) is 107 cm³/mol. The van der Waals surface area contributed by atoms with Gasteiger partial charge >= 0.3 is 0 Å². The first-order chi connectivity index (χ1) is 13.9. The van der Waals surface area contributed by atoms with E-state index >= 15 is 0 Å². The average Bonchev–Trinajstić information content (AvgIpc) is 3.34. The molecule has 0 aromatic carbocycles. The summed E-state index contributed by atoms with van der Waals surface area (Å²) in [6.07, 6.45) is 4.90. The molecule has 1 saturated heterocycles. The van der Waals surface area contributed by atoms with Crippen molar-refractivity contribution in [1.82, 2.24) is 24.6 Å². The maximum Gasteiger partial charge on any atom is 0.272 e. The van der Waals surface area contributed by atoms with Gasteiger partial charge in [0.25, 0.3) is 5.91 Å². The van der Waals surface area contributed by atoms with Crippen molar-refractivity contribution in [3.05, 3.63) is 42.0 Å². The first-order valence-corrected chi connectivity index (χ1v) is 10.1. The Kier molecular flexibility index (Phi) is 4.13. The minimum absolute atomic E-state index is 0.0685. The normalized spacial score (nSPS) is 20.8. The first kappa shape index (κ1) is 18.2. The number of aromatic amines is 1. The van der Waals surface area contributed by atoms with Crippen LogP contribution in [0.1, 0.15) is 61.4 Å². The monoisotopic (exact) mass is 395 g/mol. The number of nitrogens with one attached hydrogen (secondary N) is 1. The van der Waals surface area contributed by atoms with Crippen molar-refractivity contribution in [2.24, 2.45) is 0 Å². The van der Waals surface area contributed by atoms with Crippen molar-refractivity contribution in [3.8, 4) is 5.75 Å². The number of aliphatic hydroxyl groups excluding tert-OH is 1. The second-order valence-electron chi connectivity index (χ2n) is 8.36. The number of carbonyl (C=O) groups is 1. The van der Waals surface area contributed by atoms with E-state index in [0.717, 1.165) is 11.0 Å². The molecule has 1 amide bonds. The Hall–Kier alpha value is -2.87. The molecule has 5 heterocycles. The van der Waals surface area contributed by atoms with Crippen LogP contribution in [0, 0.1) is 0 Å². The lowest BCUT2D eigenvalue weighted by atomic mass is 9.83. The van der Waals surface area contributed by atoms with Crippen LogP contribution < -0.4 is 4.74 Å². The highest BCUT2D eigenvalue weighted by Crippen LogP contribution is 2.44. The maximum atomic E-state index is 12.9. The van der Waals surface area contributed by atoms with Gasteiger partial charge in [-0.3, -0.25) is 9.48 Å². The van der Waals surface area contributed by atoms with Crippen LogP contribution in [0.25, 0.3) is 11.0 Å². The lowest BCUT2D eigenvalue weighted by Crippen LogP contribution is -2.51. The second kappa shape index (κ2) is 6.59. The Morgan fingerprint density at radius 2 is 2.10 bits per heavy atom. The van der Waals surface area contributed by atoms with Crippen LogP contribution in [-0.2, 0) is 0 Å². The third-order valence-corrected chi connectivity index (χ3v) is 6.05. The van der Waals surface area contributed by atoms with E-state index in [2.05, 4.69) is 15.1 Å². The number of piperidine rings is 1. The van der Waals surface area contributed by atoms with Crippen LogP contribution >= 0.6 is 0 Å². The molecule has 1 unspecified atom stereocenters. The lowest BCUT2D eigenvalue weighted by molar-refractivity contribution is -0.0505. The summed E-state index contributed by atoms with van der Waals surface area (Å²) >= 11 is 0. The molecule has 0 radical (unpaired) electrons. The van der Waals surface area contributed by atoms with E-state index in [9.17, 15) is 9.90 Å². The molecule has 5 rings (SSSR count). The maximum absolute atomic E-state index is 12.9. The van der Waals surface area contributed by atoms with Crippen molar-refractivity contribution in [2.45, 2.75) is 50.9 Å². The Bertz CT molecular complexity index is 1060. The first-order valence-electron chi connectivity index (χ1n) is 10.1. The zero-order valence-corrected chi connectivity index (χ0v) is 16.6. The molecule has 0 saturated carbocycles. The van der Waals surface area contributed by atoms with Gasteiger partial charge in [-0.25, -0.2) is 4.98 Å². The van der Waals surface area contributed by atoms with Crippen molar-refractivity contribution in [1.29, 1.82) is 0 Å². The van der Waals surface area contributed by atoms with Crippen LogP contribution in [0.2, 0.25) is 0 Å². The number of carbonyl (C=O) groups excluding carboxylic acids is 1. The summed E-state index contributed by atoms with van der Waals surface area (Å²) < 4.78 is 8.17. The van der Waals surface area contributed by atoms with Gasteiger partial charge in [0.2, 0.25) is 0 Å². The summed E-state index contributed by atoms with van der Waals surface area (Å²) in [6, 6.07) is 5.82. The van der Waals surface area contributed by atoms with Gasteiger partial charge < -0.3 is 19.7 Å². The van der Waals surface area contributed by atoms with E-state index in [4.69, 9.17) is 4.74 Å². The zero-order chi connectivity index (χ0) is 20.2. The Balaban J connectivity index is 1.31. The average molecular weight is 395 g/mol. The Labute approximate surface area is 168 Å². The second-order valence-corrected chi connectivity index (χ2v) is 8.36. The predicted octanol–water partition coefficient (Wildman–Crippen LogP) is 2.83. The molecule has 1 fully saturated rings. The molecule has 2 aliphatic heterocycles. The number of ether oxygens (including phenoxy) is 1. The van der Waals surface area contributed by atoms with E-state index in [1.165, 1.54) is 0 Å². The number of fused-ring (bicyclic) bond motifs is 2. The minimum Gasteiger partial charge on any atom is -0.483 e. The fourth-order valence-corrected chi connectivity index (χ4v) is 4.32. The van der Waals surface area contributed by atoms with Crippen molar-refractivity contribution < 1.29 is 14.6 Å². The molecule has 0 aliphatic carbocycles. The number of hydrogen-bond donors (Lipinski definition) is 2. The molecular weight excluding hydrogens is 370 g/mol. The van der Waals surface area contributed by atoms with Crippen molar-refractivity contribution in [2.75, 3.05) is 13.1 Å². The number of H-pyrrole nitrogens is 1. The fourth-order valence-electron chi connectivity index (χ4n) is 4.32. The molecule has 1 spiro atoms. The topological polar surface area (TPSA) is 96.3 Å². The number of rotatable bonds is 2. The number of aliphatic hydroxyl groups is 1. The molecule has 29 heavy (non-hydrogen) atoms. The summed E-state index contributed by atoms with van der Waals surface area (Å²) in [5.74, 6) is 0.595. The smallest absolute Gasteiger partial charge is 0.272 e. The third kappa shape index (κ3) is 3.07. The van der Waals surface area contributed by atoms with E-state index in [-0.39, 0.29) is 11.9 Å². The standard InChI is InChI=1S/C21H25N5O3/c1-13(2)26-12-17-18(24-26)16(27)11-21(29-17)6-9-25(10-7-21)20(28)15-4-3-14-5-8-22-19(14)23-15/h3-5,8,12-13,16,27H,6-7,9-11H2,1-2H3,(H,22,23). The van der Waals surface area contributed by atoms with E-state index < -0.39 is 11.7 Å². The highest BCUT2D eigenvalue weighted by atomic mass is 16.5. The number of amides is 1. The Morgan fingerprint density at radius 1 is 1.31 bits per heavy atom. The van der Waals surface area contributed by atoms with Gasteiger partial charge in [-0.2, -0.15) is 5.10 Å². The van der Waals surface area contributed by atoms with Gasteiger partial charge in [0.15, 0.2) is 5.75 Å². The number of pyridine rings is 1. The fraction of sp³-hybridized carbons (Fsp3) is 0.476.